The van der Waals surface area contributed by atoms with Gasteiger partial charge in [-0.15, -0.1) is 0 Å². The number of aromatic hydroxyl groups is 1. The molecule has 0 saturated carbocycles. The predicted octanol–water partition coefficient (Wildman–Crippen LogP) is 4.26. The van der Waals surface area contributed by atoms with Crippen molar-refractivity contribution < 1.29 is 19.6 Å². The van der Waals surface area contributed by atoms with E-state index >= 15 is 0 Å². The van der Waals surface area contributed by atoms with Gasteiger partial charge in [-0.2, -0.15) is 0 Å². The minimum absolute atomic E-state index is 0.0852. The number of aromatic nitrogens is 1. The number of nitrogens with one attached hydrogen (secondary N) is 1. The molecule has 0 aliphatic carbocycles. The molecule has 2 N–H and O–H groups in total. The quantitative estimate of drug-likeness (QED) is 0.244. The first-order valence-electron chi connectivity index (χ1n) is 11.9. The molecule has 40 heavy (non-hydrogen) atoms. The summed E-state index contributed by atoms with van der Waals surface area (Å²) in [6.07, 6.45) is 1.38. The van der Waals surface area contributed by atoms with Crippen LogP contribution in [-0.4, -0.2) is 27.6 Å². The van der Waals surface area contributed by atoms with Gasteiger partial charge in [0.05, 0.1) is 33.9 Å². The summed E-state index contributed by atoms with van der Waals surface area (Å²) in [6.45, 7) is 1.70. The minimum Gasteiger partial charge on any atom is -0.502 e. The highest BCUT2D eigenvalue weighted by atomic mass is 79.9. The molecule has 0 fully saturated rings. The van der Waals surface area contributed by atoms with Crippen LogP contribution in [-0.2, 0) is 4.79 Å². The highest BCUT2D eigenvalue weighted by molar-refractivity contribution is 9.10. The summed E-state index contributed by atoms with van der Waals surface area (Å²) in [4.78, 5) is 43.1. The molecular formula is C28H21BrN4O6S. The van der Waals surface area contributed by atoms with Crippen molar-refractivity contribution >= 4 is 50.6 Å². The number of fused-ring (bicyclic) bond motifs is 1. The lowest BCUT2D eigenvalue weighted by Gasteiger charge is -2.25. The highest BCUT2D eigenvalue weighted by Crippen LogP contribution is 2.34. The Morgan fingerprint density at radius 3 is 2.65 bits per heavy atom. The van der Waals surface area contributed by atoms with Crippen LogP contribution in [0.3, 0.4) is 0 Å². The molecule has 0 bridgehead atoms. The van der Waals surface area contributed by atoms with Crippen molar-refractivity contribution in [2.45, 2.75) is 13.0 Å². The summed E-state index contributed by atoms with van der Waals surface area (Å²) < 4.78 is 7.36. The number of ether oxygens (including phenoxy) is 1. The zero-order valence-electron chi connectivity index (χ0n) is 21.1. The number of hydrogen-bond donors (Lipinski definition) is 2. The number of amides is 1. The number of nitrogens with zero attached hydrogens (tertiary/aromatic N) is 3. The summed E-state index contributed by atoms with van der Waals surface area (Å²) >= 11 is 4.27. The largest absolute Gasteiger partial charge is 0.502 e. The van der Waals surface area contributed by atoms with E-state index in [1.807, 2.05) is 6.07 Å². The van der Waals surface area contributed by atoms with E-state index < -0.39 is 33.9 Å². The van der Waals surface area contributed by atoms with E-state index in [0.717, 1.165) is 11.3 Å². The molecule has 0 saturated heterocycles. The Bertz CT molecular complexity index is 1880. The smallest absolute Gasteiger partial charge is 0.312 e. The van der Waals surface area contributed by atoms with E-state index in [1.165, 1.54) is 29.9 Å². The third-order valence-corrected chi connectivity index (χ3v) is 7.72. The number of methoxy groups -OCH3 is 1. The number of allylic oxidation sites excluding steroid dienone is 1. The van der Waals surface area contributed by atoms with Crippen molar-refractivity contribution in [1.29, 1.82) is 0 Å². The number of benzene rings is 3. The molecule has 1 atom stereocenters. The molecule has 2 heterocycles. The third-order valence-electron chi connectivity index (χ3n) is 6.27. The molecule has 0 spiro atoms. The van der Waals surface area contributed by atoms with Gasteiger partial charge in [-0.25, -0.2) is 4.99 Å². The van der Waals surface area contributed by atoms with Gasteiger partial charge in [0.1, 0.15) is 5.75 Å². The Morgan fingerprint density at radius 2 is 1.95 bits per heavy atom. The summed E-state index contributed by atoms with van der Waals surface area (Å²) in [6, 6.07) is 17.8. The maximum absolute atomic E-state index is 13.9. The number of carbonyl (C=O) groups is 1. The van der Waals surface area contributed by atoms with E-state index in [1.54, 1.807) is 55.5 Å². The number of thiazole rings is 1. The molecule has 1 aliphatic rings. The van der Waals surface area contributed by atoms with Crippen LogP contribution < -0.4 is 24.9 Å². The van der Waals surface area contributed by atoms with Gasteiger partial charge in [-0.05, 0) is 48.9 Å². The zero-order chi connectivity index (χ0) is 28.6. The van der Waals surface area contributed by atoms with Gasteiger partial charge in [0.25, 0.3) is 11.5 Å². The Labute approximate surface area is 239 Å². The van der Waals surface area contributed by atoms with E-state index in [2.05, 4.69) is 26.2 Å². The van der Waals surface area contributed by atoms with E-state index in [9.17, 15) is 24.8 Å². The second kappa shape index (κ2) is 10.9. The number of rotatable bonds is 6. The molecule has 1 amide bonds. The molecule has 1 aliphatic heterocycles. The van der Waals surface area contributed by atoms with Crippen LogP contribution in [0.4, 0.5) is 11.4 Å². The number of nitro groups is 1. The van der Waals surface area contributed by atoms with Crippen molar-refractivity contribution in [3.05, 3.63) is 123 Å². The lowest BCUT2D eigenvalue weighted by atomic mass is 9.95. The molecule has 12 heteroatoms. The number of nitro benzene ring substituents is 1. The molecule has 1 aromatic heterocycles. The average Bonchev–Trinajstić information content (AvgIpc) is 3.24. The average molecular weight is 621 g/mol. The SMILES string of the molecule is COc1cccc([C@@H]2C(C(=O)Nc3ccccc3)=C(C)N=c3s/c(=C\c4cc(Br)cc([N+](=O)[O-])c4O)c(=O)n32)c1. The van der Waals surface area contributed by atoms with Crippen molar-refractivity contribution in [3.63, 3.8) is 0 Å². The Balaban J connectivity index is 1.72. The van der Waals surface area contributed by atoms with Crippen molar-refractivity contribution in [1.82, 2.24) is 4.57 Å². The first kappa shape index (κ1) is 27.0. The van der Waals surface area contributed by atoms with Gasteiger partial charge < -0.3 is 15.2 Å². The Kier molecular flexibility index (Phi) is 7.37. The summed E-state index contributed by atoms with van der Waals surface area (Å²) in [7, 11) is 1.53. The van der Waals surface area contributed by atoms with Crippen LogP contribution >= 0.6 is 27.3 Å². The van der Waals surface area contributed by atoms with Crippen LogP contribution in [0.1, 0.15) is 24.1 Å². The lowest BCUT2D eigenvalue weighted by molar-refractivity contribution is -0.385. The number of halogens is 1. The molecule has 4 aromatic rings. The van der Waals surface area contributed by atoms with Crippen LogP contribution in [0.2, 0.25) is 0 Å². The topological polar surface area (TPSA) is 136 Å². The predicted molar refractivity (Wildman–Crippen MR) is 154 cm³/mol. The van der Waals surface area contributed by atoms with Gasteiger partial charge in [0.15, 0.2) is 4.80 Å². The second-order valence-electron chi connectivity index (χ2n) is 8.80. The number of phenolic OH excluding ortho intramolecular Hbond substituents is 1. The zero-order valence-corrected chi connectivity index (χ0v) is 23.5. The summed E-state index contributed by atoms with van der Waals surface area (Å²) in [5.74, 6) is -0.444. The fourth-order valence-electron chi connectivity index (χ4n) is 4.45. The van der Waals surface area contributed by atoms with E-state index in [4.69, 9.17) is 4.74 Å². The van der Waals surface area contributed by atoms with Crippen LogP contribution in [0.5, 0.6) is 11.5 Å². The van der Waals surface area contributed by atoms with Gasteiger partial charge in [0, 0.05) is 21.8 Å². The molecule has 3 aromatic carbocycles. The fourth-order valence-corrected chi connectivity index (χ4v) is 5.96. The maximum Gasteiger partial charge on any atom is 0.312 e. The molecule has 0 unspecified atom stereocenters. The van der Waals surface area contributed by atoms with Crippen molar-refractivity contribution in [2.24, 2.45) is 4.99 Å². The van der Waals surface area contributed by atoms with Gasteiger partial charge in [0.2, 0.25) is 5.75 Å². The first-order chi connectivity index (χ1) is 19.2. The van der Waals surface area contributed by atoms with Crippen molar-refractivity contribution in [3.8, 4) is 11.5 Å². The Hall–Kier alpha value is -4.55. The monoisotopic (exact) mass is 620 g/mol. The minimum atomic E-state index is -0.845. The standard InChI is InChI=1S/C28H21BrN4O6S/c1-15-23(26(35)31-19-8-4-3-5-9-19)24(16-7-6-10-20(12-16)39-2)32-27(36)22(40-28(32)30-15)13-17-11-18(29)14-21(25(17)34)33(37)38/h3-14,24,34H,1-2H3,(H,31,35)/b22-13-/t24-/m1/s1. The highest BCUT2D eigenvalue weighted by Gasteiger charge is 2.33. The third kappa shape index (κ3) is 5.06. The van der Waals surface area contributed by atoms with Gasteiger partial charge in [-0.3, -0.25) is 24.3 Å². The van der Waals surface area contributed by atoms with E-state index in [0.29, 0.717) is 32.0 Å². The van der Waals surface area contributed by atoms with Crippen LogP contribution in [0, 0.1) is 10.1 Å². The normalized spacial score (nSPS) is 14.9. The first-order valence-corrected chi connectivity index (χ1v) is 13.5. The van der Waals surface area contributed by atoms with Crippen molar-refractivity contribution in [2.75, 3.05) is 12.4 Å². The second-order valence-corrected chi connectivity index (χ2v) is 10.7. The Morgan fingerprint density at radius 1 is 1.20 bits per heavy atom. The molecular weight excluding hydrogens is 600 g/mol. The fraction of sp³-hybridized carbons (Fsp3) is 0.107. The molecule has 0 radical (unpaired) electrons. The van der Waals surface area contributed by atoms with E-state index in [-0.39, 0.29) is 15.7 Å². The summed E-state index contributed by atoms with van der Waals surface area (Å²) in [5, 5.41) is 24.8. The summed E-state index contributed by atoms with van der Waals surface area (Å²) in [5.41, 5.74) is 1.02. The number of carbonyl (C=O) groups excluding carboxylic acids is 1. The number of phenols is 1. The van der Waals surface area contributed by atoms with Crippen LogP contribution in [0.25, 0.3) is 6.08 Å². The number of para-hydroxylation sites is 1. The molecule has 5 rings (SSSR count). The lowest BCUT2D eigenvalue weighted by Crippen LogP contribution is -2.40. The van der Waals surface area contributed by atoms with Crippen LogP contribution in [0.15, 0.2) is 92.3 Å². The van der Waals surface area contributed by atoms with Gasteiger partial charge in [-0.1, -0.05) is 57.6 Å². The number of hydrogen-bond acceptors (Lipinski definition) is 8. The van der Waals surface area contributed by atoms with Gasteiger partial charge >= 0.3 is 5.69 Å². The number of anilines is 1. The maximum atomic E-state index is 13.9. The molecule has 10 nitrogen and oxygen atoms in total. The molecule has 202 valence electrons.